The van der Waals surface area contributed by atoms with Crippen molar-refractivity contribution < 1.29 is 0 Å². The Morgan fingerprint density at radius 2 is 1.96 bits per heavy atom. The Labute approximate surface area is 156 Å². The highest BCUT2D eigenvalue weighted by Crippen LogP contribution is 2.27. The third-order valence-electron chi connectivity index (χ3n) is 3.84. The smallest absolute Gasteiger partial charge is 0.136 e. The van der Waals surface area contributed by atoms with Crippen molar-refractivity contribution in [1.82, 2.24) is 4.98 Å². The number of hydrogen-bond donors (Lipinski definition) is 1. The molecular formula is C20H16ClN3S. The van der Waals surface area contributed by atoms with Gasteiger partial charge in [-0.3, -0.25) is 0 Å². The standard InChI is InChI=1S/C20H16ClN3S/c1-13-6-8-15(9-7-13)19-12-25-20(24-19)16(10-22)11-23-18-5-3-4-17(21)14(18)2/h3-9,11-12,23H,1-2H3/b16-11+. The predicted octanol–water partition coefficient (Wildman–Crippen LogP) is 6.06. The van der Waals surface area contributed by atoms with E-state index in [1.807, 2.05) is 42.6 Å². The third-order valence-corrected chi connectivity index (χ3v) is 5.13. The van der Waals surface area contributed by atoms with Gasteiger partial charge in [-0.1, -0.05) is 47.5 Å². The molecule has 1 aromatic heterocycles. The molecule has 2 aromatic carbocycles. The van der Waals surface area contributed by atoms with Gasteiger partial charge >= 0.3 is 0 Å². The number of allylic oxidation sites excluding steroid dienone is 1. The normalized spacial score (nSPS) is 11.2. The fourth-order valence-corrected chi connectivity index (χ4v) is 3.28. The summed E-state index contributed by atoms with van der Waals surface area (Å²) in [5.74, 6) is 0. The third kappa shape index (κ3) is 3.90. The minimum atomic E-state index is 0.489. The van der Waals surface area contributed by atoms with Crippen LogP contribution in [-0.2, 0) is 0 Å². The molecule has 0 bridgehead atoms. The fourth-order valence-electron chi connectivity index (χ4n) is 2.31. The lowest BCUT2D eigenvalue weighted by Crippen LogP contribution is -1.94. The average molecular weight is 366 g/mol. The number of aromatic nitrogens is 1. The van der Waals surface area contributed by atoms with Crippen LogP contribution in [0.3, 0.4) is 0 Å². The van der Waals surface area contributed by atoms with Crippen molar-refractivity contribution in [1.29, 1.82) is 5.26 Å². The summed E-state index contributed by atoms with van der Waals surface area (Å²) in [6, 6.07) is 16.0. The van der Waals surface area contributed by atoms with Crippen LogP contribution >= 0.6 is 22.9 Å². The van der Waals surface area contributed by atoms with Crippen LogP contribution in [-0.4, -0.2) is 4.98 Å². The molecule has 0 aliphatic heterocycles. The molecule has 25 heavy (non-hydrogen) atoms. The van der Waals surface area contributed by atoms with Crippen molar-refractivity contribution in [3.63, 3.8) is 0 Å². The molecule has 3 nitrogen and oxygen atoms in total. The zero-order valence-electron chi connectivity index (χ0n) is 13.9. The lowest BCUT2D eigenvalue weighted by atomic mass is 10.1. The molecule has 124 valence electrons. The Kier molecular flexibility index (Phi) is 5.18. The van der Waals surface area contributed by atoms with Crippen LogP contribution in [0.25, 0.3) is 16.8 Å². The van der Waals surface area contributed by atoms with E-state index < -0.39 is 0 Å². The van der Waals surface area contributed by atoms with Gasteiger partial charge in [-0.2, -0.15) is 5.26 Å². The van der Waals surface area contributed by atoms with Gasteiger partial charge < -0.3 is 5.32 Å². The number of nitrogens with zero attached hydrogens (tertiary/aromatic N) is 2. The first kappa shape index (κ1) is 17.2. The first-order valence-electron chi connectivity index (χ1n) is 7.73. The predicted molar refractivity (Wildman–Crippen MR) is 106 cm³/mol. The summed E-state index contributed by atoms with van der Waals surface area (Å²) < 4.78 is 0. The number of halogens is 1. The highest BCUT2D eigenvalue weighted by atomic mass is 35.5. The van der Waals surface area contributed by atoms with Crippen molar-refractivity contribution in [2.24, 2.45) is 0 Å². The average Bonchev–Trinajstić information content (AvgIpc) is 3.09. The maximum absolute atomic E-state index is 9.48. The number of nitrogens with one attached hydrogen (secondary N) is 1. The summed E-state index contributed by atoms with van der Waals surface area (Å²) in [6.45, 7) is 3.99. The van der Waals surface area contributed by atoms with Crippen LogP contribution in [0.15, 0.2) is 54.0 Å². The monoisotopic (exact) mass is 365 g/mol. The Bertz CT molecular complexity index is 965. The molecule has 3 rings (SSSR count). The SMILES string of the molecule is Cc1ccc(-c2csc(/C(C#N)=C/Nc3cccc(Cl)c3C)n2)cc1. The number of thiazole rings is 1. The highest BCUT2D eigenvalue weighted by Gasteiger charge is 2.09. The number of anilines is 1. The molecule has 1 heterocycles. The molecule has 5 heteroatoms. The largest absolute Gasteiger partial charge is 0.360 e. The Morgan fingerprint density at radius 3 is 2.68 bits per heavy atom. The molecule has 0 fully saturated rings. The van der Waals surface area contributed by atoms with Crippen molar-refractivity contribution in [3.8, 4) is 17.3 Å². The second kappa shape index (κ2) is 7.52. The van der Waals surface area contributed by atoms with Gasteiger partial charge in [-0.05, 0) is 31.5 Å². The Hall–Kier alpha value is -2.61. The lowest BCUT2D eigenvalue weighted by molar-refractivity contribution is 1.35. The van der Waals surface area contributed by atoms with E-state index in [1.54, 1.807) is 6.20 Å². The van der Waals surface area contributed by atoms with Crippen LogP contribution in [0.2, 0.25) is 5.02 Å². The highest BCUT2D eigenvalue weighted by molar-refractivity contribution is 7.11. The molecule has 0 radical (unpaired) electrons. The van der Waals surface area contributed by atoms with Gasteiger partial charge in [-0.25, -0.2) is 4.98 Å². The molecular weight excluding hydrogens is 350 g/mol. The number of hydrogen-bond acceptors (Lipinski definition) is 4. The topological polar surface area (TPSA) is 48.7 Å². The van der Waals surface area contributed by atoms with E-state index in [1.165, 1.54) is 16.9 Å². The van der Waals surface area contributed by atoms with E-state index in [9.17, 15) is 5.26 Å². The van der Waals surface area contributed by atoms with E-state index in [0.29, 0.717) is 15.6 Å². The van der Waals surface area contributed by atoms with Crippen LogP contribution in [0.5, 0.6) is 0 Å². The zero-order chi connectivity index (χ0) is 17.8. The van der Waals surface area contributed by atoms with Gasteiger partial charge in [0.15, 0.2) is 0 Å². The summed E-state index contributed by atoms with van der Waals surface area (Å²) >= 11 is 7.58. The summed E-state index contributed by atoms with van der Waals surface area (Å²) in [7, 11) is 0. The van der Waals surface area contributed by atoms with Crippen LogP contribution in [0.4, 0.5) is 5.69 Å². The quantitative estimate of drug-likeness (QED) is 0.572. The zero-order valence-corrected chi connectivity index (χ0v) is 15.4. The summed E-state index contributed by atoms with van der Waals surface area (Å²) in [4.78, 5) is 4.60. The molecule has 0 amide bonds. The van der Waals surface area contributed by atoms with Crippen LogP contribution in [0.1, 0.15) is 16.1 Å². The van der Waals surface area contributed by atoms with E-state index in [4.69, 9.17) is 11.6 Å². The van der Waals surface area contributed by atoms with E-state index in [-0.39, 0.29) is 0 Å². The Morgan fingerprint density at radius 1 is 1.20 bits per heavy atom. The molecule has 3 aromatic rings. The lowest BCUT2D eigenvalue weighted by Gasteiger charge is -2.07. The number of nitriles is 1. The maximum Gasteiger partial charge on any atom is 0.136 e. The second-order valence-electron chi connectivity index (χ2n) is 5.63. The van der Waals surface area contributed by atoms with Gasteiger partial charge in [0.05, 0.1) is 5.69 Å². The molecule has 0 aliphatic carbocycles. The number of benzene rings is 2. The molecule has 0 atom stereocenters. The summed E-state index contributed by atoms with van der Waals surface area (Å²) in [5.41, 5.74) is 5.43. The Balaban J connectivity index is 1.85. The van der Waals surface area contributed by atoms with Gasteiger partial charge in [0, 0.05) is 27.9 Å². The molecule has 0 aliphatic rings. The first-order valence-corrected chi connectivity index (χ1v) is 8.99. The van der Waals surface area contributed by atoms with Crippen molar-refractivity contribution in [3.05, 3.63) is 75.2 Å². The van der Waals surface area contributed by atoms with E-state index >= 15 is 0 Å². The van der Waals surface area contributed by atoms with Crippen molar-refractivity contribution >= 4 is 34.2 Å². The van der Waals surface area contributed by atoms with Crippen LogP contribution < -0.4 is 5.32 Å². The van der Waals surface area contributed by atoms with Gasteiger partial charge in [0.2, 0.25) is 0 Å². The molecule has 0 spiro atoms. The minimum absolute atomic E-state index is 0.489. The maximum atomic E-state index is 9.48. The van der Waals surface area contributed by atoms with Gasteiger partial charge in [0.25, 0.3) is 0 Å². The second-order valence-corrected chi connectivity index (χ2v) is 6.90. The van der Waals surface area contributed by atoms with E-state index in [2.05, 4.69) is 35.4 Å². The van der Waals surface area contributed by atoms with Crippen molar-refractivity contribution in [2.45, 2.75) is 13.8 Å². The molecule has 0 unspecified atom stereocenters. The summed E-state index contributed by atoms with van der Waals surface area (Å²) in [6.07, 6.45) is 1.68. The minimum Gasteiger partial charge on any atom is -0.360 e. The van der Waals surface area contributed by atoms with Crippen molar-refractivity contribution in [2.75, 3.05) is 5.32 Å². The first-order chi connectivity index (χ1) is 12.1. The fraction of sp³-hybridized carbons (Fsp3) is 0.100. The number of aryl methyl sites for hydroxylation is 1. The van der Waals surface area contributed by atoms with Crippen LogP contribution in [0, 0.1) is 25.2 Å². The summed E-state index contributed by atoms with van der Waals surface area (Å²) in [5, 5.41) is 16.0. The van der Waals surface area contributed by atoms with Gasteiger partial charge in [-0.15, -0.1) is 11.3 Å². The molecule has 1 N–H and O–H groups in total. The van der Waals surface area contributed by atoms with Gasteiger partial charge in [0.1, 0.15) is 16.6 Å². The number of rotatable bonds is 4. The van der Waals surface area contributed by atoms with E-state index in [0.717, 1.165) is 22.5 Å². The molecule has 0 saturated heterocycles. The molecule has 0 saturated carbocycles.